The molecule has 0 aliphatic carbocycles. The maximum atomic E-state index is 13.3. The first-order valence-corrected chi connectivity index (χ1v) is 12.3. The van der Waals surface area contributed by atoms with Crippen LogP contribution in [0.15, 0.2) is 64.9 Å². The second-order valence-corrected chi connectivity index (χ2v) is 10.2. The van der Waals surface area contributed by atoms with E-state index in [2.05, 4.69) is 10.1 Å². The summed E-state index contributed by atoms with van der Waals surface area (Å²) in [5.41, 5.74) is 3.33. The number of ether oxygens (including phenoxy) is 1. The summed E-state index contributed by atoms with van der Waals surface area (Å²) in [5, 5.41) is 4.38. The highest BCUT2D eigenvalue weighted by Gasteiger charge is 2.32. The number of amides is 1. The average molecular weight is 471 g/mol. The van der Waals surface area contributed by atoms with Crippen molar-refractivity contribution in [1.82, 2.24) is 9.62 Å². The molecular formula is C23H22N2O5S2. The van der Waals surface area contributed by atoms with Crippen molar-refractivity contribution in [3.05, 3.63) is 87.1 Å². The Labute approximate surface area is 190 Å². The zero-order valence-corrected chi connectivity index (χ0v) is 19.0. The molecule has 1 amide bonds. The van der Waals surface area contributed by atoms with Crippen LogP contribution in [0.4, 0.5) is 0 Å². The topological polar surface area (TPSA) is 92.8 Å². The highest BCUT2D eigenvalue weighted by atomic mass is 32.2. The third kappa shape index (κ3) is 4.45. The van der Waals surface area contributed by atoms with Gasteiger partial charge in [0.15, 0.2) is 0 Å². The molecule has 32 heavy (non-hydrogen) atoms. The summed E-state index contributed by atoms with van der Waals surface area (Å²) in [7, 11) is -2.50. The summed E-state index contributed by atoms with van der Waals surface area (Å²) in [6.45, 7) is 0.875. The fraction of sp³-hybridized carbons (Fsp3) is 0.217. The van der Waals surface area contributed by atoms with Gasteiger partial charge in [-0.1, -0.05) is 36.4 Å². The van der Waals surface area contributed by atoms with Crippen LogP contribution in [0.5, 0.6) is 0 Å². The number of hydrogen-bond donors (Lipinski definition) is 1. The zero-order chi connectivity index (χ0) is 22.7. The lowest BCUT2D eigenvalue weighted by Crippen LogP contribution is -2.36. The number of esters is 1. The van der Waals surface area contributed by atoms with Gasteiger partial charge >= 0.3 is 5.97 Å². The third-order valence-electron chi connectivity index (χ3n) is 5.38. The van der Waals surface area contributed by atoms with Crippen molar-refractivity contribution in [3.8, 4) is 0 Å². The lowest BCUT2D eigenvalue weighted by molar-refractivity contribution is 0.0600. The van der Waals surface area contributed by atoms with Crippen LogP contribution in [-0.2, 0) is 34.3 Å². The van der Waals surface area contributed by atoms with E-state index in [0.29, 0.717) is 25.1 Å². The van der Waals surface area contributed by atoms with Crippen LogP contribution in [0.2, 0.25) is 0 Å². The van der Waals surface area contributed by atoms with Crippen molar-refractivity contribution in [2.24, 2.45) is 0 Å². The molecule has 1 N–H and O–H groups in total. The number of fused-ring (bicyclic) bond motifs is 1. The summed E-state index contributed by atoms with van der Waals surface area (Å²) in [6, 6.07) is 15.9. The van der Waals surface area contributed by atoms with E-state index in [0.717, 1.165) is 28.0 Å². The minimum absolute atomic E-state index is 0.0282. The Morgan fingerprint density at radius 3 is 2.50 bits per heavy atom. The number of sulfonamides is 1. The van der Waals surface area contributed by atoms with Crippen molar-refractivity contribution in [2.45, 2.75) is 24.4 Å². The van der Waals surface area contributed by atoms with Crippen molar-refractivity contribution < 1.29 is 22.7 Å². The first-order valence-electron chi connectivity index (χ1n) is 10.00. The maximum absolute atomic E-state index is 13.3. The van der Waals surface area contributed by atoms with Crippen molar-refractivity contribution in [2.75, 3.05) is 13.7 Å². The summed E-state index contributed by atoms with van der Waals surface area (Å²) in [6.07, 6.45) is 0.642. The molecule has 0 saturated heterocycles. The number of thiophene rings is 1. The fourth-order valence-electron chi connectivity index (χ4n) is 3.62. The van der Waals surface area contributed by atoms with Gasteiger partial charge in [0.2, 0.25) is 10.0 Å². The maximum Gasteiger partial charge on any atom is 0.337 e. The Hall–Kier alpha value is -3.01. The predicted molar refractivity (Wildman–Crippen MR) is 121 cm³/mol. The number of carbonyl (C=O) groups is 2. The molecule has 0 unspecified atom stereocenters. The van der Waals surface area contributed by atoms with Crippen LogP contribution >= 0.6 is 11.3 Å². The van der Waals surface area contributed by atoms with E-state index in [4.69, 9.17) is 0 Å². The average Bonchev–Trinajstić information content (AvgIpc) is 3.33. The molecule has 0 atom stereocenters. The quantitative estimate of drug-likeness (QED) is 0.559. The van der Waals surface area contributed by atoms with Crippen molar-refractivity contribution in [1.29, 1.82) is 0 Å². The standard InChI is InChI=1S/C23H22N2O5S2/c1-30-23(27)18-8-6-16(7-9-18)14-24-22(26)21-20(11-13-31-21)32(28,29)25-12-10-17-4-2-3-5-19(17)15-25/h2-9,11,13H,10,12,14-15H2,1H3,(H,24,26). The number of methoxy groups -OCH3 is 1. The van der Waals surface area contributed by atoms with Gasteiger partial charge in [0, 0.05) is 19.6 Å². The van der Waals surface area contributed by atoms with E-state index in [-0.39, 0.29) is 16.3 Å². The van der Waals surface area contributed by atoms with Crippen LogP contribution in [0.1, 0.15) is 36.7 Å². The summed E-state index contributed by atoms with van der Waals surface area (Å²) >= 11 is 1.10. The molecule has 3 aromatic rings. The van der Waals surface area contributed by atoms with Gasteiger partial charge in [0.25, 0.3) is 5.91 Å². The molecule has 1 aliphatic heterocycles. The smallest absolute Gasteiger partial charge is 0.337 e. The van der Waals surface area contributed by atoms with Crippen LogP contribution < -0.4 is 5.32 Å². The molecule has 7 nitrogen and oxygen atoms in total. The van der Waals surface area contributed by atoms with Crippen LogP contribution in [0.3, 0.4) is 0 Å². The number of hydrogen-bond acceptors (Lipinski definition) is 6. The first kappa shape index (κ1) is 22.2. The Morgan fingerprint density at radius 1 is 1.06 bits per heavy atom. The molecule has 0 radical (unpaired) electrons. The van der Waals surface area contributed by atoms with Crippen molar-refractivity contribution in [3.63, 3.8) is 0 Å². The molecule has 0 fully saturated rings. The van der Waals surface area contributed by atoms with Gasteiger partial charge in [-0.05, 0) is 46.7 Å². The molecule has 2 heterocycles. The van der Waals surface area contributed by atoms with Gasteiger partial charge in [-0.15, -0.1) is 11.3 Å². The van der Waals surface area contributed by atoms with E-state index >= 15 is 0 Å². The molecule has 0 saturated carbocycles. The molecule has 0 bridgehead atoms. The highest BCUT2D eigenvalue weighted by Crippen LogP contribution is 2.29. The van der Waals surface area contributed by atoms with Gasteiger partial charge in [-0.3, -0.25) is 4.79 Å². The molecule has 4 rings (SSSR count). The van der Waals surface area contributed by atoms with Crippen molar-refractivity contribution >= 4 is 33.2 Å². The zero-order valence-electron chi connectivity index (χ0n) is 17.4. The van der Waals surface area contributed by atoms with Gasteiger partial charge in [-0.2, -0.15) is 4.31 Å². The summed E-state index contributed by atoms with van der Waals surface area (Å²) in [4.78, 5) is 24.5. The summed E-state index contributed by atoms with van der Waals surface area (Å²) < 4.78 is 32.7. The van der Waals surface area contributed by atoms with Crippen LogP contribution in [0, 0.1) is 0 Å². The largest absolute Gasteiger partial charge is 0.465 e. The fourth-order valence-corrected chi connectivity index (χ4v) is 6.36. The SMILES string of the molecule is COC(=O)c1ccc(CNC(=O)c2sccc2S(=O)(=O)N2CCc3ccccc3C2)cc1. The lowest BCUT2D eigenvalue weighted by Gasteiger charge is -2.28. The number of rotatable bonds is 6. The van der Waals surface area contributed by atoms with Gasteiger partial charge < -0.3 is 10.1 Å². The number of benzene rings is 2. The Balaban J connectivity index is 1.47. The monoisotopic (exact) mass is 470 g/mol. The second-order valence-electron chi connectivity index (χ2n) is 7.34. The van der Waals surface area contributed by atoms with Gasteiger partial charge in [0.05, 0.1) is 12.7 Å². The molecule has 2 aromatic carbocycles. The number of nitrogens with one attached hydrogen (secondary N) is 1. The first-order chi connectivity index (χ1) is 15.4. The predicted octanol–water partition coefficient (Wildman–Crippen LogP) is 3.21. The molecule has 1 aliphatic rings. The second kappa shape index (κ2) is 9.23. The van der Waals surface area contributed by atoms with E-state index < -0.39 is 21.9 Å². The molecule has 166 valence electrons. The van der Waals surface area contributed by atoms with Crippen LogP contribution in [-0.4, -0.2) is 38.3 Å². The molecule has 1 aromatic heterocycles. The molecular weight excluding hydrogens is 448 g/mol. The highest BCUT2D eigenvalue weighted by molar-refractivity contribution is 7.89. The minimum Gasteiger partial charge on any atom is -0.465 e. The van der Waals surface area contributed by atoms with E-state index in [1.54, 1.807) is 29.6 Å². The Kier molecular flexibility index (Phi) is 6.40. The third-order valence-corrected chi connectivity index (χ3v) is 8.31. The Bertz CT molecular complexity index is 1250. The lowest BCUT2D eigenvalue weighted by atomic mass is 10.0. The van der Waals surface area contributed by atoms with E-state index in [9.17, 15) is 18.0 Å². The summed E-state index contributed by atoms with van der Waals surface area (Å²) in [5.74, 6) is -0.887. The van der Waals surface area contributed by atoms with E-state index in [1.165, 1.54) is 17.5 Å². The normalized spacial score (nSPS) is 13.9. The van der Waals surface area contributed by atoms with Gasteiger partial charge in [-0.25, -0.2) is 13.2 Å². The Morgan fingerprint density at radius 2 is 1.78 bits per heavy atom. The minimum atomic E-state index is -3.81. The number of nitrogens with zero attached hydrogens (tertiary/aromatic N) is 1. The van der Waals surface area contributed by atoms with Crippen LogP contribution in [0.25, 0.3) is 0 Å². The number of carbonyl (C=O) groups excluding carboxylic acids is 2. The molecule has 0 spiro atoms. The van der Waals surface area contributed by atoms with Gasteiger partial charge in [0.1, 0.15) is 9.77 Å². The van der Waals surface area contributed by atoms with E-state index in [1.807, 2.05) is 24.3 Å². The molecule has 9 heteroatoms.